The minimum Gasteiger partial charge on any atom is -0.378 e. The van der Waals surface area contributed by atoms with Crippen LogP contribution in [0.5, 0.6) is 0 Å². The number of hydrogen-bond acceptors (Lipinski definition) is 6. The number of alkyl halides is 3. The number of amides is 2. The number of hydrogen-bond donors (Lipinski definition) is 0. The fourth-order valence-corrected chi connectivity index (χ4v) is 6.20. The summed E-state index contributed by atoms with van der Waals surface area (Å²) < 4.78 is 45.0. The molecule has 1 aliphatic heterocycles. The largest absolute Gasteiger partial charge is 0.416 e. The molecule has 2 amide bonds. The quantitative estimate of drug-likeness (QED) is 0.136. The number of carbonyl (C=O) groups excluding carboxylic acids is 2. The van der Waals surface area contributed by atoms with E-state index in [1.54, 1.807) is 22.9 Å². The zero-order chi connectivity index (χ0) is 37.8. The molecule has 0 saturated carbocycles. The number of rotatable bonds is 14. The van der Waals surface area contributed by atoms with Crippen molar-refractivity contribution >= 4 is 23.6 Å². The van der Waals surface area contributed by atoms with E-state index < -0.39 is 23.7 Å². The molecule has 4 aromatic carbocycles. The van der Waals surface area contributed by atoms with Gasteiger partial charge in [-0.3, -0.25) is 9.59 Å². The standard InChI is InChI=1S/C42H44F3N5O3/c1-47(30-36-10-6-9-35(27-36)29-46)21-22-48(2)41(52)39(28-33-7-4-3-5-8-33)50(31-34-13-18-38(19-14-34)49-23-25-53-26-24-49)40(51)20-15-32-11-16-37(17-12-32)42(43,44)45/h3-20,27,39H,21-26,28,30-31H2,1-2H3/t39-/m0/s1. The average Bonchev–Trinajstić information content (AvgIpc) is 3.18. The van der Waals surface area contributed by atoms with Crippen molar-refractivity contribution < 1.29 is 27.5 Å². The van der Waals surface area contributed by atoms with E-state index in [0.717, 1.165) is 47.6 Å². The molecular weight excluding hydrogens is 679 g/mol. The highest BCUT2D eigenvalue weighted by molar-refractivity contribution is 5.95. The van der Waals surface area contributed by atoms with Gasteiger partial charge in [0.15, 0.2) is 0 Å². The lowest BCUT2D eigenvalue weighted by Gasteiger charge is -2.34. The Bertz CT molecular complexity index is 1870. The van der Waals surface area contributed by atoms with Crippen LogP contribution in [0.4, 0.5) is 18.9 Å². The van der Waals surface area contributed by atoms with Crippen molar-refractivity contribution in [3.05, 3.63) is 143 Å². The maximum atomic E-state index is 14.4. The van der Waals surface area contributed by atoms with E-state index in [-0.39, 0.29) is 18.9 Å². The molecule has 0 bridgehead atoms. The van der Waals surface area contributed by atoms with Gasteiger partial charge in [-0.1, -0.05) is 66.7 Å². The van der Waals surface area contributed by atoms with Crippen LogP contribution in [-0.2, 0) is 40.0 Å². The third-order valence-electron chi connectivity index (χ3n) is 9.24. The lowest BCUT2D eigenvalue weighted by atomic mass is 10.0. The molecule has 8 nitrogen and oxygen atoms in total. The molecule has 0 radical (unpaired) electrons. The first-order valence-electron chi connectivity index (χ1n) is 17.5. The lowest BCUT2D eigenvalue weighted by Crippen LogP contribution is -2.51. The van der Waals surface area contributed by atoms with Crippen molar-refractivity contribution in [3.8, 4) is 6.07 Å². The van der Waals surface area contributed by atoms with Gasteiger partial charge >= 0.3 is 6.18 Å². The van der Waals surface area contributed by atoms with E-state index in [4.69, 9.17) is 4.74 Å². The fourth-order valence-electron chi connectivity index (χ4n) is 6.20. The van der Waals surface area contributed by atoms with Gasteiger partial charge in [0.1, 0.15) is 6.04 Å². The van der Waals surface area contributed by atoms with Crippen LogP contribution >= 0.6 is 0 Å². The number of nitrogens with zero attached hydrogens (tertiary/aromatic N) is 5. The Morgan fingerprint density at radius 1 is 0.849 bits per heavy atom. The number of nitriles is 1. The number of anilines is 1. The van der Waals surface area contributed by atoms with Gasteiger partial charge in [0, 0.05) is 64.5 Å². The minimum atomic E-state index is -4.47. The van der Waals surface area contributed by atoms with Crippen molar-refractivity contribution in [2.75, 3.05) is 58.4 Å². The van der Waals surface area contributed by atoms with Gasteiger partial charge in [-0.25, -0.2) is 0 Å². The molecule has 0 spiro atoms. The molecule has 1 atom stereocenters. The number of likely N-dealkylation sites (N-methyl/N-ethyl adjacent to an activating group) is 2. The highest BCUT2D eigenvalue weighted by atomic mass is 19.4. The molecule has 0 aliphatic carbocycles. The predicted molar refractivity (Wildman–Crippen MR) is 200 cm³/mol. The second-order valence-corrected chi connectivity index (χ2v) is 13.2. The van der Waals surface area contributed by atoms with Gasteiger partial charge < -0.3 is 24.3 Å². The highest BCUT2D eigenvalue weighted by Crippen LogP contribution is 2.29. The monoisotopic (exact) mass is 723 g/mol. The smallest absolute Gasteiger partial charge is 0.378 e. The first kappa shape index (κ1) is 38.8. The summed E-state index contributed by atoms with van der Waals surface area (Å²) in [6, 6.07) is 30.7. The topological polar surface area (TPSA) is 80.1 Å². The fraction of sp³-hybridized carbons (Fsp3) is 0.310. The molecule has 5 rings (SSSR count). The molecule has 11 heteroatoms. The van der Waals surface area contributed by atoms with Gasteiger partial charge in [0.05, 0.1) is 30.4 Å². The Labute approximate surface area is 309 Å². The Balaban J connectivity index is 1.40. The Morgan fingerprint density at radius 3 is 2.19 bits per heavy atom. The lowest BCUT2D eigenvalue weighted by molar-refractivity contribution is -0.143. The summed E-state index contributed by atoms with van der Waals surface area (Å²) >= 11 is 0. The third kappa shape index (κ3) is 11.3. The summed E-state index contributed by atoms with van der Waals surface area (Å²) in [5.74, 6) is -0.686. The highest BCUT2D eigenvalue weighted by Gasteiger charge is 2.32. The predicted octanol–water partition coefficient (Wildman–Crippen LogP) is 6.66. The van der Waals surface area contributed by atoms with Crippen molar-refractivity contribution in [2.24, 2.45) is 0 Å². The van der Waals surface area contributed by atoms with Crippen LogP contribution in [0.3, 0.4) is 0 Å². The molecule has 53 heavy (non-hydrogen) atoms. The average molecular weight is 724 g/mol. The molecule has 1 fully saturated rings. The Morgan fingerprint density at radius 2 is 1.53 bits per heavy atom. The molecule has 0 N–H and O–H groups in total. The molecule has 0 aromatic heterocycles. The normalized spacial score (nSPS) is 13.9. The molecule has 276 valence electrons. The molecule has 1 saturated heterocycles. The molecular formula is C42H44F3N5O3. The first-order chi connectivity index (χ1) is 25.5. The van der Waals surface area contributed by atoms with Crippen LogP contribution in [0.2, 0.25) is 0 Å². The number of ether oxygens (including phenoxy) is 1. The van der Waals surface area contributed by atoms with Gasteiger partial charge in [0.2, 0.25) is 11.8 Å². The second-order valence-electron chi connectivity index (χ2n) is 13.2. The van der Waals surface area contributed by atoms with Gasteiger partial charge in [-0.05, 0) is 71.8 Å². The Kier molecular flexibility index (Phi) is 13.4. The summed E-state index contributed by atoms with van der Waals surface area (Å²) in [4.78, 5) is 36.1. The van der Waals surface area contributed by atoms with Gasteiger partial charge in [-0.15, -0.1) is 0 Å². The third-order valence-corrected chi connectivity index (χ3v) is 9.24. The number of halogens is 3. The van der Waals surface area contributed by atoms with Crippen molar-refractivity contribution in [2.45, 2.75) is 31.7 Å². The van der Waals surface area contributed by atoms with E-state index in [1.807, 2.05) is 79.8 Å². The minimum absolute atomic E-state index is 0.131. The summed E-state index contributed by atoms with van der Waals surface area (Å²) in [5, 5.41) is 9.28. The van der Waals surface area contributed by atoms with Gasteiger partial charge in [-0.2, -0.15) is 18.4 Å². The van der Waals surface area contributed by atoms with Crippen LogP contribution in [-0.4, -0.2) is 86.0 Å². The number of morpholine rings is 1. The van der Waals surface area contributed by atoms with Gasteiger partial charge in [0.25, 0.3) is 0 Å². The maximum absolute atomic E-state index is 14.4. The van der Waals surface area contributed by atoms with Crippen molar-refractivity contribution in [1.29, 1.82) is 5.26 Å². The summed E-state index contributed by atoms with van der Waals surface area (Å²) in [5.41, 5.74) is 3.96. The van der Waals surface area contributed by atoms with Crippen LogP contribution in [0.15, 0.2) is 109 Å². The summed E-state index contributed by atoms with van der Waals surface area (Å²) in [6.07, 6.45) is -1.42. The van der Waals surface area contributed by atoms with Crippen molar-refractivity contribution in [1.82, 2.24) is 14.7 Å². The molecule has 1 aliphatic rings. The maximum Gasteiger partial charge on any atom is 0.416 e. The van der Waals surface area contributed by atoms with E-state index >= 15 is 0 Å². The second kappa shape index (κ2) is 18.4. The molecule has 0 unspecified atom stereocenters. The van der Waals surface area contributed by atoms with Crippen LogP contribution < -0.4 is 4.90 Å². The summed E-state index contributed by atoms with van der Waals surface area (Å²) in [7, 11) is 3.67. The SMILES string of the molecule is CN(CCN(C)C(=O)[C@H](Cc1ccccc1)N(Cc1ccc(N2CCOCC2)cc1)C(=O)C=Cc1ccc(C(F)(F)F)cc1)Cc1cccc(C#N)c1. The number of benzene rings is 4. The number of carbonyl (C=O) groups is 2. The van der Waals surface area contributed by atoms with E-state index in [2.05, 4.69) is 15.9 Å². The molecule has 1 heterocycles. The Hall–Kier alpha value is -5.44. The molecule has 4 aromatic rings. The zero-order valence-corrected chi connectivity index (χ0v) is 30.0. The zero-order valence-electron chi connectivity index (χ0n) is 30.0. The van der Waals surface area contributed by atoms with Crippen LogP contribution in [0, 0.1) is 11.3 Å². The van der Waals surface area contributed by atoms with E-state index in [0.29, 0.717) is 44.0 Å². The van der Waals surface area contributed by atoms with Crippen LogP contribution in [0.25, 0.3) is 6.08 Å². The van der Waals surface area contributed by atoms with E-state index in [1.165, 1.54) is 24.3 Å². The summed E-state index contributed by atoms with van der Waals surface area (Å²) in [6.45, 7) is 4.50. The van der Waals surface area contributed by atoms with E-state index in [9.17, 15) is 28.0 Å². The van der Waals surface area contributed by atoms with Crippen LogP contribution in [0.1, 0.15) is 33.4 Å². The van der Waals surface area contributed by atoms with Crippen molar-refractivity contribution in [3.63, 3.8) is 0 Å². The first-order valence-corrected chi connectivity index (χ1v) is 17.5.